The molecule has 2 saturated heterocycles. The number of nitrogens with zero attached hydrogens (tertiary/aromatic N) is 3. The monoisotopic (exact) mass is 475 g/mol. The molecule has 2 atom stereocenters. The molecule has 2 fully saturated rings. The van der Waals surface area contributed by atoms with Crippen molar-refractivity contribution >= 4 is 11.6 Å². The molecule has 0 radical (unpaired) electrons. The molecule has 2 aliphatic rings. The van der Waals surface area contributed by atoms with Crippen LogP contribution in [0.5, 0.6) is 0 Å². The Labute approximate surface area is 195 Å². The van der Waals surface area contributed by atoms with Crippen molar-refractivity contribution < 1.29 is 27.1 Å². The van der Waals surface area contributed by atoms with Gasteiger partial charge in [0.2, 0.25) is 0 Å². The van der Waals surface area contributed by atoms with Crippen molar-refractivity contribution in [1.29, 1.82) is 5.26 Å². The van der Waals surface area contributed by atoms with Crippen LogP contribution in [0.15, 0.2) is 36.4 Å². The van der Waals surface area contributed by atoms with Gasteiger partial charge in [0, 0.05) is 50.0 Å². The van der Waals surface area contributed by atoms with Crippen LogP contribution in [0.25, 0.3) is 0 Å². The molecule has 0 saturated carbocycles. The van der Waals surface area contributed by atoms with Crippen LogP contribution < -0.4 is 4.90 Å². The van der Waals surface area contributed by atoms with Gasteiger partial charge in [-0.3, -0.25) is 4.79 Å². The molecule has 0 unspecified atom stereocenters. The molecule has 9 heteroatoms. The molecule has 0 aromatic heterocycles. The molecule has 0 bridgehead atoms. The summed E-state index contributed by atoms with van der Waals surface area (Å²) in [4.78, 5) is 16.7. The zero-order chi connectivity index (χ0) is 24.7. The Hall–Kier alpha value is -3.12. The van der Waals surface area contributed by atoms with Crippen molar-refractivity contribution in [2.75, 3.05) is 44.8 Å². The first-order chi connectivity index (χ1) is 16.1. The normalized spacial score (nSPS) is 22.4. The quantitative estimate of drug-likeness (QED) is 0.605. The average molecular weight is 475 g/mol. The maximum atomic E-state index is 14.0. The molecule has 34 heavy (non-hydrogen) atoms. The van der Waals surface area contributed by atoms with Gasteiger partial charge in [0.15, 0.2) is 0 Å². The summed E-state index contributed by atoms with van der Waals surface area (Å²) in [6.07, 6.45) is -3.98. The van der Waals surface area contributed by atoms with Gasteiger partial charge in [-0.2, -0.15) is 18.4 Å². The van der Waals surface area contributed by atoms with Crippen LogP contribution >= 0.6 is 0 Å². The SMILES string of the molecule is COC[C@@]12CN(C(=O)c3ccc(C)c(F)c3)CC[C@@H]1CN(c1ccc(C#N)c(C(F)(F)F)c1)C2. The number of carbonyl (C=O) groups excluding carboxylic acids is 1. The van der Waals surface area contributed by atoms with Crippen LogP contribution in [0.2, 0.25) is 0 Å². The molecule has 180 valence electrons. The molecule has 2 aromatic carbocycles. The molecule has 2 heterocycles. The summed E-state index contributed by atoms with van der Waals surface area (Å²) in [5.74, 6) is -0.610. The summed E-state index contributed by atoms with van der Waals surface area (Å²) in [5.41, 5.74) is -0.736. The van der Waals surface area contributed by atoms with Crippen molar-refractivity contribution in [3.8, 4) is 6.07 Å². The maximum Gasteiger partial charge on any atom is 0.417 e. The number of alkyl halides is 3. The Kier molecular flexibility index (Phi) is 6.30. The lowest BCUT2D eigenvalue weighted by Crippen LogP contribution is -2.53. The zero-order valence-electron chi connectivity index (χ0n) is 19.0. The Morgan fingerprint density at radius 1 is 1.24 bits per heavy atom. The third-order valence-electron chi connectivity index (χ3n) is 7.00. The van der Waals surface area contributed by atoms with Crippen LogP contribution in [0, 0.1) is 35.4 Å². The van der Waals surface area contributed by atoms with E-state index in [1.54, 1.807) is 37.1 Å². The van der Waals surface area contributed by atoms with Crippen molar-refractivity contribution in [2.45, 2.75) is 19.5 Å². The van der Waals surface area contributed by atoms with Crippen LogP contribution in [0.3, 0.4) is 0 Å². The highest BCUT2D eigenvalue weighted by atomic mass is 19.4. The van der Waals surface area contributed by atoms with Crippen LogP contribution in [0.4, 0.5) is 23.2 Å². The second-order valence-electron chi connectivity index (χ2n) is 9.19. The van der Waals surface area contributed by atoms with Crippen molar-refractivity contribution in [3.63, 3.8) is 0 Å². The number of halogens is 4. The molecule has 2 aliphatic heterocycles. The zero-order valence-corrected chi connectivity index (χ0v) is 19.0. The number of fused-ring (bicyclic) bond motifs is 1. The van der Waals surface area contributed by atoms with Gasteiger partial charge >= 0.3 is 6.18 Å². The van der Waals surface area contributed by atoms with E-state index in [2.05, 4.69) is 0 Å². The molecule has 4 rings (SSSR count). The third-order valence-corrected chi connectivity index (χ3v) is 7.00. The lowest BCUT2D eigenvalue weighted by Gasteiger charge is -2.43. The summed E-state index contributed by atoms with van der Waals surface area (Å²) in [6.45, 7) is 3.72. The topological polar surface area (TPSA) is 56.6 Å². The summed E-state index contributed by atoms with van der Waals surface area (Å²) >= 11 is 0. The van der Waals surface area contributed by atoms with E-state index >= 15 is 0 Å². The number of nitriles is 1. The molecule has 5 nitrogen and oxygen atoms in total. The number of methoxy groups -OCH3 is 1. The molecule has 1 amide bonds. The fourth-order valence-electron chi connectivity index (χ4n) is 5.22. The summed E-state index contributed by atoms with van der Waals surface area (Å²) in [5, 5.41) is 9.08. The van der Waals surface area contributed by atoms with Gasteiger partial charge < -0.3 is 14.5 Å². The van der Waals surface area contributed by atoms with Gasteiger partial charge in [0.05, 0.1) is 23.8 Å². The highest BCUT2D eigenvalue weighted by molar-refractivity contribution is 5.94. The standard InChI is InChI=1S/C25H25F4N3O2/c1-16-3-4-17(9-22(16)26)23(33)31-8-7-19-12-32(14-24(19,13-31)15-34-2)20-6-5-18(11-30)21(10-20)25(27,28)29/h3-6,9-10,19H,7-8,12-15H2,1-2H3/t19-,24+/m1/s1. The number of amides is 1. The van der Waals surface area contributed by atoms with Crippen molar-refractivity contribution in [2.24, 2.45) is 11.3 Å². The van der Waals surface area contributed by atoms with Gasteiger partial charge in [0.25, 0.3) is 5.91 Å². The lowest BCUT2D eigenvalue weighted by molar-refractivity contribution is -0.137. The molecule has 0 N–H and O–H groups in total. The number of carbonyl (C=O) groups is 1. The number of hydrogen-bond acceptors (Lipinski definition) is 4. The summed E-state index contributed by atoms with van der Waals surface area (Å²) in [6, 6.07) is 9.78. The van der Waals surface area contributed by atoms with Crippen LogP contribution in [-0.2, 0) is 10.9 Å². The second-order valence-corrected chi connectivity index (χ2v) is 9.19. The fourth-order valence-corrected chi connectivity index (χ4v) is 5.22. The van der Waals surface area contributed by atoms with Gasteiger partial charge in [-0.15, -0.1) is 0 Å². The number of aryl methyl sites for hydroxylation is 1. The number of anilines is 1. The van der Waals surface area contributed by atoms with E-state index in [-0.39, 0.29) is 17.4 Å². The number of piperidine rings is 1. The second kappa shape index (κ2) is 8.91. The smallest absolute Gasteiger partial charge is 0.384 e. The molecular weight excluding hydrogens is 450 g/mol. The minimum atomic E-state index is -4.63. The van der Waals surface area contributed by atoms with Crippen molar-refractivity contribution in [3.05, 3.63) is 64.5 Å². The predicted octanol–water partition coefficient (Wildman–Crippen LogP) is 4.64. The Morgan fingerprint density at radius 3 is 2.65 bits per heavy atom. The predicted molar refractivity (Wildman–Crippen MR) is 118 cm³/mol. The van der Waals surface area contributed by atoms with E-state index in [9.17, 15) is 22.4 Å². The highest BCUT2D eigenvalue weighted by Crippen LogP contribution is 2.45. The number of benzene rings is 2. The van der Waals surface area contributed by atoms with Gasteiger partial charge in [0.1, 0.15) is 5.82 Å². The van der Waals surface area contributed by atoms with E-state index in [0.717, 1.165) is 6.07 Å². The van der Waals surface area contributed by atoms with Gasteiger partial charge in [-0.1, -0.05) is 6.07 Å². The molecule has 0 aliphatic carbocycles. The van der Waals surface area contributed by atoms with E-state index in [1.165, 1.54) is 18.2 Å². The van der Waals surface area contributed by atoms with E-state index in [4.69, 9.17) is 10.00 Å². The third kappa shape index (κ3) is 4.34. The van der Waals surface area contributed by atoms with Crippen LogP contribution in [0.1, 0.15) is 33.5 Å². The van der Waals surface area contributed by atoms with E-state index in [1.807, 2.05) is 4.90 Å². The molecular formula is C25H25F4N3O2. The van der Waals surface area contributed by atoms with E-state index in [0.29, 0.717) is 50.5 Å². The number of hydrogen-bond donors (Lipinski definition) is 0. The Morgan fingerprint density at radius 2 is 2.00 bits per heavy atom. The number of ether oxygens (including phenoxy) is 1. The average Bonchev–Trinajstić information content (AvgIpc) is 3.18. The lowest BCUT2D eigenvalue weighted by atomic mass is 9.73. The number of likely N-dealkylation sites (tertiary alicyclic amines) is 1. The largest absolute Gasteiger partial charge is 0.417 e. The minimum Gasteiger partial charge on any atom is -0.384 e. The Balaban J connectivity index is 1.60. The summed E-state index contributed by atoms with van der Waals surface area (Å²) < 4.78 is 60.0. The minimum absolute atomic E-state index is 0.108. The summed E-state index contributed by atoms with van der Waals surface area (Å²) in [7, 11) is 1.56. The van der Waals surface area contributed by atoms with Gasteiger partial charge in [-0.25, -0.2) is 4.39 Å². The molecule has 0 spiro atoms. The first-order valence-corrected chi connectivity index (χ1v) is 11.0. The number of rotatable bonds is 4. The fraction of sp³-hybridized carbons (Fsp3) is 0.440. The van der Waals surface area contributed by atoms with Crippen LogP contribution in [-0.4, -0.2) is 50.7 Å². The first-order valence-electron chi connectivity index (χ1n) is 11.0. The Bertz CT molecular complexity index is 1140. The highest BCUT2D eigenvalue weighted by Gasteiger charge is 2.51. The molecule has 2 aromatic rings. The van der Waals surface area contributed by atoms with Gasteiger partial charge in [-0.05, 0) is 55.2 Å². The van der Waals surface area contributed by atoms with Crippen molar-refractivity contribution in [1.82, 2.24) is 4.90 Å². The maximum absolute atomic E-state index is 14.0. The first kappa shape index (κ1) is 24.0. The van der Waals surface area contributed by atoms with E-state index < -0.39 is 28.5 Å².